The molecule has 2 rings (SSSR count). The number of carbonyl (C=O) groups excluding carboxylic acids is 1. The van der Waals surface area contributed by atoms with Crippen molar-refractivity contribution in [2.24, 2.45) is 0 Å². The molecular formula is C20H25FN2O. The molecule has 0 spiro atoms. The van der Waals surface area contributed by atoms with Gasteiger partial charge in [-0.05, 0) is 36.3 Å². The first kappa shape index (κ1) is 18.1. The molecule has 4 heteroatoms. The smallest absolute Gasteiger partial charge is 0.224 e. The molecule has 0 aliphatic carbocycles. The standard InChI is InChI=1S/C20H25FN2O/c1-3-23(4-2)19(17-8-6-5-7-9-17)15-22-20(24)14-16-10-12-18(21)13-11-16/h5-13,19H,3-4,14-15H2,1-2H3,(H,22,24)/t19-/m1/s1. The van der Waals surface area contributed by atoms with Crippen LogP contribution in [0.25, 0.3) is 0 Å². The van der Waals surface area contributed by atoms with Crippen molar-refractivity contribution >= 4 is 5.91 Å². The highest BCUT2D eigenvalue weighted by molar-refractivity contribution is 5.78. The van der Waals surface area contributed by atoms with Crippen LogP contribution in [0.5, 0.6) is 0 Å². The highest BCUT2D eigenvalue weighted by Gasteiger charge is 2.18. The number of nitrogens with one attached hydrogen (secondary N) is 1. The molecule has 0 saturated heterocycles. The molecule has 0 heterocycles. The lowest BCUT2D eigenvalue weighted by Gasteiger charge is -2.30. The number of benzene rings is 2. The van der Waals surface area contributed by atoms with Crippen molar-refractivity contribution < 1.29 is 9.18 Å². The Morgan fingerprint density at radius 3 is 2.25 bits per heavy atom. The van der Waals surface area contributed by atoms with Crippen LogP contribution in [0.3, 0.4) is 0 Å². The van der Waals surface area contributed by atoms with E-state index in [9.17, 15) is 9.18 Å². The quantitative estimate of drug-likeness (QED) is 0.803. The third-order valence-corrected chi connectivity index (χ3v) is 4.21. The van der Waals surface area contributed by atoms with E-state index in [1.807, 2.05) is 18.2 Å². The second-order valence-electron chi connectivity index (χ2n) is 5.76. The Hall–Kier alpha value is -2.20. The summed E-state index contributed by atoms with van der Waals surface area (Å²) in [5, 5.41) is 3.02. The van der Waals surface area contributed by atoms with Crippen molar-refractivity contribution in [3.8, 4) is 0 Å². The van der Waals surface area contributed by atoms with Crippen LogP contribution in [0.4, 0.5) is 4.39 Å². The average Bonchev–Trinajstić information content (AvgIpc) is 2.61. The fourth-order valence-corrected chi connectivity index (χ4v) is 2.86. The summed E-state index contributed by atoms with van der Waals surface area (Å²) in [7, 11) is 0. The van der Waals surface area contributed by atoms with Gasteiger partial charge in [-0.3, -0.25) is 9.69 Å². The molecule has 3 nitrogen and oxygen atoms in total. The Labute approximate surface area is 143 Å². The third-order valence-electron chi connectivity index (χ3n) is 4.21. The highest BCUT2D eigenvalue weighted by atomic mass is 19.1. The van der Waals surface area contributed by atoms with Crippen LogP contribution in [-0.2, 0) is 11.2 Å². The number of carbonyl (C=O) groups is 1. The average molecular weight is 328 g/mol. The maximum absolute atomic E-state index is 12.9. The Morgan fingerprint density at radius 2 is 1.67 bits per heavy atom. The van der Waals surface area contributed by atoms with Gasteiger partial charge in [0.05, 0.1) is 12.5 Å². The Bertz CT molecular complexity index is 624. The lowest BCUT2D eigenvalue weighted by Crippen LogP contribution is -2.38. The van der Waals surface area contributed by atoms with Gasteiger partial charge in [0.1, 0.15) is 5.82 Å². The molecule has 0 saturated carbocycles. The lowest BCUT2D eigenvalue weighted by atomic mass is 10.0. The van der Waals surface area contributed by atoms with Crippen molar-refractivity contribution in [3.63, 3.8) is 0 Å². The van der Waals surface area contributed by atoms with Gasteiger partial charge in [-0.1, -0.05) is 56.3 Å². The highest BCUT2D eigenvalue weighted by Crippen LogP contribution is 2.19. The van der Waals surface area contributed by atoms with Gasteiger partial charge in [0, 0.05) is 6.54 Å². The molecule has 24 heavy (non-hydrogen) atoms. The number of halogens is 1. The Balaban J connectivity index is 1.99. The lowest BCUT2D eigenvalue weighted by molar-refractivity contribution is -0.120. The van der Waals surface area contributed by atoms with Gasteiger partial charge in [0.2, 0.25) is 5.91 Å². The molecule has 0 radical (unpaired) electrons. The summed E-state index contributed by atoms with van der Waals surface area (Å²) in [6.45, 7) is 6.65. The molecule has 0 unspecified atom stereocenters. The van der Waals surface area contributed by atoms with E-state index in [-0.39, 0.29) is 24.2 Å². The number of hydrogen-bond donors (Lipinski definition) is 1. The number of hydrogen-bond acceptors (Lipinski definition) is 2. The molecule has 0 aromatic heterocycles. The maximum atomic E-state index is 12.9. The summed E-state index contributed by atoms with van der Waals surface area (Å²) < 4.78 is 12.9. The van der Waals surface area contributed by atoms with Gasteiger partial charge in [-0.15, -0.1) is 0 Å². The first-order valence-corrected chi connectivity index (χ1v) is 8.44. The third kappa shape index (κ3) is 5.17. The van der Waals surface area contributed by atoms with E-state index in [1.165, 1.54) is 17.7 Å². The van der Waals surface area contributed by atoms with E-state index >= 15 is 0 Å². The molecule has 0 aliphatic rings. The summed E-state index contributed by atoms with van der Waals surface area (Å²) in [5.74, 6) is -0.334. The molecule has 0 aliphatic heterocycles. The normalized spacial score (nSPS) is 12.2. The fraction of sp³-hybridized carbons (Fsp3) is 0.350. The van der Waals surface area contributed by atoms with Gasteiger partial charge < -0.3 is 5.32 Å². The predicted molar refractivity (Wildman–Crippen MR) is 95.2 cm³/mol. The second-order valence-corrected chi connectivity index (χ2v) is 5.76. The minimum Gasteiger partial charge on any atom is -0.354 e. The van der Waals surface area contributed by atoms with Gasteiger partial charge in [-0.2, -0.15) is 0 Å². The van der Waals surface area contributed by atoms with Crippen LogP contribution >= 0.6 is 0 Å². The van der Waals surface area contributed by atoms with E-state index in [4.69, 9.17) is 0 Å². The number of amides is 1. The molecule has 1 N–H and O–H groups in total. The van der Waals surface area contributed by atoms with E-state index in [0.717, 1.165) is 18.7 Å². The molecule has 1 amide bonds. The number of nitrogens with zero attached hydrogens (tertiary/aromatic N) is 1. The molecule has 2 aromatic carbocycles. The molecule has 128 valence electrons. The van der Waals surface area contributed by atoms with Crippen LogP contribution in [0.2, 0.25) is 0 Å². The van der Waals surface area contributed by atoms with E-state index in [2.05, 4.69) is 36.2 Å². The van der Waals surface area contributed by atoms with Crippen molar-refractivity contribution in [1.82, 2.24) is 10.2 Å². The van der Waals surface area contributed by atoms with E-state index in [0.29, 0.717) is 6.54 Å². The van der Waals surface area contributed by atoms with E-state index < -0.39 is 0 Å². The SMILES string of the molecule is CCN(CC)[C@H](CNC(=O)Cc1ccc(F)cc1)c1ccccc1. The maximum Gasteiger partial charge on any atom is 0.224 e. The first-order valence-electron chi connectivity index (χ1n) is 8.44. The van der Waals surface area contributed by atoms with Crippen molar-refractivity contribution in [2.45, 2.75) is 26.3 Å². The van der Waals surface area contributed by atoms with Crippen LogP contribution in [0.15, 0.2) is 54.6 Å². The monoisotopic (exact) mass is 328 g/mol. The van der Waals surface area contributed by atoms with Crippen LogP contribution < -0.4 is 5.32 Å². The first-order chi connectivity index (χ1) is 11.6. The zero-order valence-electron chi connectivity index (χ0n) is 14.3. The summed E-state index contributed by atoms with van der Waals surface area (Å²) >= 11 is 0. The van der Waals surface area contributed by atoms with Gasteiger partial charge in [-0.25, -0.2) is 4.39 Å². The summed E-state index contributed by atoms with van der Waals surface area (Å²) in [4.78, 5) is 14.5. The molecule has 2 aromatic rings. The summed E-state index contributed by atoms with van der Waals surface area (Å²) in [5.41, 5.74) is 2.01. The van der Waals surface area contributed by atoms with Crippen LogP contribution in [-0.4, -0.2) is 30.4 Å². The minimum atomic E-state index is -0.287. The van der Waals surface area contributed by atoms with Gasteiger partial charge >= 0.3 is 0 Å². The zero-order valence-corrected chi connectivity index (χ0v) is 14.3. The van der Waals surface area contributed by atoms with Crippen LogP contribution in [0, 0.1) is 5.82 Å². The number of likely N-dealkylation sites (N-methyl/N-ethyl adjacent to an activating group) is 1. The van der Waals surface area contributed by atoms with Crippen LogP contribution in [0.1, 0.15) is 31.0 Å². The fourth-order valence-electron chi connectivity index (χ4n) is 2.86. The zero-order chi connectivity index (χ0) is 17.4. The predicted octanol–water partition coefficient (Wildman–Crippen LogP) is 3.57. The van der Waals surface area contributed by atoms with Gasteiger partial charge in [0.15, 0.2) is 0 Å². The minimum absolute atomic E-state index is 0.0466. The molecule has 1 atom stereocenters. The summed E-state index contributed by atoms with van der Waals surface area (Å²) in [6, 6.07) is 16.4. The largest absolute Gasteiger partial charge is 0.354 e. The Kier molecular flexibility index (Phi) is 6.94. The topological polar surface area (TPSA) is 32.3 Å². The van der Waals surface area contributed by atoms with Crippen molar-refractivity contribution in [3.05, 3.63) is 71.5 Å². The summed E-state index contributed by atoms with van der Waals surface area (Å²) in [6.07, 6.45) is 0.264. The molecule has 0 bridgehead atoms. The second kappa shape index (κ2) is 9.18. The Morgan fingerprint density at radius 1 is 1.04 bits per heavy atom. The van der Waals surface area contributed by atoms with Crippen molar-refractivity contribution in [1.29, 1.82) is 0 Å². The molecule has 0 fully saturated rings. The molecular weight excluding hydrogens is 303 g/mol. The number of rotatable bonds is 8. The van der Waals surface area contributed by atoms with Crippen molar-refractivity contribution in [2.75, 3.05) is 19.6 Å². The van der Waals surface area contributed by atoms with Gasteiger partial charge in [0.25, 0.3) is 0 Å². The van der Waals surface area contributed by atoms with E-state index in [1.54, 1.807) is 12.1 Å².